The Labute approximate surface area is 111 Å². The molecule has 19 heavy (non-hydrogen) atoms. The number of hydrogen-bond acceptors (Lipinski definition) is 5. The number of aryl methyl sites for hydroxylation is 1. The van der Waals surface area contributed by atoms with Crippen molar-refractivity contribution < 1.29 is 8.42 Å². The van der Waals surface area contributed by atoms with Crippen LogP contribution < -0.4 is 0 Å². The Kier molecular flexibility index (Phi) is 2.89. The molecule has 7 nitrogen and oxygen atoms in total. The summed E-state index contributed by atoms with van der Waals surface area (Å²) in [7, 11) is -0.943. The van der Waals surface area contributed by atoms with Gasteiger partial charge in [-0.1, -0.05) is 5.21 Å². The van der Waals surface area contributed by atoms with E-state index in [4.69, 9.17) is 0 Å². The standard InChI is InChI=1S/C11H15N5O2S/c1-15-4-3-12-11(15)10-7-16(14-13-10)6-9-2-5-19(17,18)8-9/h3-4,7,9H,2,5-6,8H2,1H3/t9-/m0/s1. The predicted molar refractivity (Wildman–Crippen MR) is 69.0 cm³/mol. The van der Waals surface area contributed by atoms with Gasteiger partial charge in [0.05, 0.1) is 17.7 Å². The van der Waals surface area contributed by atoms with E-state index in [2.05, 4.69) is 15.3 Å². The normalized spacial score (nSPS) is 21.8. The lowest BCUT2D eigenvalue weighted by atomic mass is 10.1. The summed E-state index contributed by atoms with van der Waals surface area (Å²) in [6.07, 6.45) is 6.07. The monoisotopic (exact) mass is 281 g/mol. The second-order valence-corrected chi connectivity index (χ2v) is 7.19. The molecule has 0 saturated carbocycles. The Morgan fingerprint density at radius 2 is 2.32 bits per heavy atom. The van der Waals surface area contributed by atoms with Crippen molar-refractivity contribution in [3.05, 3.63) is 18.6 Å². The Morgan fingerprint density at radius 1 is 1.47 bits per heavy atom. The van der Waals surface area contributed by atoms with E-state index >= 15 is 0 Å². The van der Waals surface area contributed by atoms with Crippen LogP contribution >= 0.6 is 0 Å². The molecule has 0 spiro atoms. The maximum Gasteiger partial charge on any atom is 0.161 e. The van der Waals surface area contributed by atoms with Gasteiger partial charge in [0.1, 0.15) is 5.69 Å². The minimum atomic E-state index is -2.84. The molecule has 2 aromatic heterocycles. The van der Waals surface area contributed by atoms with Crippen LogP contribution in [0.5, 0.6) is 0 Å². The van der Waals surface area contributed by atoms with Crippen molar-refractivity contribution in [1.29, 1.82) is 0 Å². The van der Waals surface area contributed by atoms with E-state index in [1.165, 1.54) is 0 Å². The zero-order chi connectivity index (χ0) is 13.5. The SMILES string of the molecule is Cn1ccnc1-c1cn(C[C@@H]2CCS(=O)(=O)C2)nn1. The molecule has 0 bridgehead atoms. The summed E-state index contributed by atoms with van der Waals surface area (Å²) < 4.78 is 26.4. The van der Waals surface area contributed by atoms with Crippen molar-refractivity contribution in [2.24, 2.45) is 13.0 Å². The van der Waals surface area contributed by atoms with Gasteiger partial charge in [-0.25, -0.2) is 13.4 Å². The lowest BCUT2D eigenvalue weighted by Gasteiger charge is -2.05. The number of rotatable bonds is 3. The Balaban J connectivity index is 1.74. The quantitative estimate of drug-likeness (QED) is 0.797. The van der Waals surface area contributed by atoms with Gasteiger partial charge in [0.15, 0.2) is 15.7 Å². The summed E-state index contributed by atoms with van der Waals surface area (Å²) in [6.45, 7) is 0.594. The highest BCUT2D eigenvalue weighted by Crippen LogP contribution is 2.20. The molecule has 1 saturated heterocycles. The topological polar surface area (TPSA) is 82.7 Å². The fourth-order valence-electron chi connectivity index (χ4n) is 2.38. The van der Waals surface area contributed by atoms with Crippen molar-refractivity contribution in [2.45, 2.75) is 13.0 Å². The second kappa shape index (κ2) is 4.44. The van der Waals surface area contributed by atoms with Crippen LogP contribution in [-0.4, -0.2) is 44.5 Å². The number of nitrogens with zero attached hydrogens (tertiary/aromatic N) is 5. The molecule has 0 radical (unpaired) electrons. The first-order chi connectivity index (χ1) is 9.03. The second-order valence-electron chi connectivity index (χ2n) is 4.96. The van der Waals surface area contributed by atoms with E-state index in [0.29, 0.717) is 24.4 Å². The van der Waals surface area contributed by atoms with Crippen molar-refractivity contribution >= 4 is 9.84 Å². The molecule has 8 heteroatoms. The molecule has 0 amide bonds. The molecular weight excluding hydrogens is 266 g/mol. The van der Waals surface area contributed by atoms with Gasteiger partial charge in [-0.3, -0.25) is 4.68 Å². The van der Waals surface area contributed by atoms with Gasteiger partial charge in [-0.2, -0.15) is 0 Å². The number of hydrogen-bond donors (Lipinski definition) is 0. The minimum absolute atomic E-state index is 0.140. The van der Waals surface area contributed by atoms with Gasteiger partial charge < -0.3 is 4.57 Å². The zero-order valence-corrected chi connectivity index (χ0v) is 11.4. The lowest BCUT2D eigenvalue weighted by molar-refractivity contribution is 0.448. The minimum Gasteiger partial charge on any atom is -0.333 e. The molecule has 3 rings (SSSR count). The zero-order valence-electron chi connectivity index (χ0n) is 10.6. The third-order valence-electron chi connectivity index (χ3n) is 3.36. The molecule has 3 heterocycles. The van der Waals surface area contributed by atoms with Gasteiger partial charge in [0.25, 0.3) is 0 Å². The number of aromatic nitrogens is 5. The molecule has 0 unspecified atom stereocenters. The highest BCUT2D eigenvalue weighted by Gasteiger charge is 2.28. The maximum atomic E-state index is 11.4. The smallest absolute Gasteiger partial charge is 0.161 e. The van der Waals surface area contributed by atoms with Crippen molar-refractivity contribution in [3.8, 4) is 11.5 Å². The first kappa shape index (κ1) is 12.3. The van der Waals surface area contributed by atoms with Crippen LogP contribution in [0.15, 0.2) is 18.6 Å². The fourth-order valence-corrected chi connectivity index (χ4v) is 4.23. The van der Waals surface area contributed by atoms with Crippen molar-refractivity contribution in [2.75, 3.05) is 11.5 Å². The molecule has 1 aliphatic rings. The van der Waals surface area contributed by atoms with E-state index in [-0.39, 0.29) is 11.7 Å². The van der Waals surface area contributed by atoms with Crippen molar-refractivity contribution in [1.82, 2.24) is 24.5 Å². The summed E-state index contributed by atoms with van der Waals surface area (Å²) in [5.41, 5.74) is 0.702. The summed E-state index contributed by atoms with van der Waals surface area (Å²) in [5, 5.41) is 8.12. The Bertz CT molecular complexity index is 688. The summed E-state index contributed by atoms with van der Waals surface area (Å²) in [4.78, 5) is 4.21. The molecular formula is C11H15N5O2S. The molecule has 0 aromatic carbocycles. The van der Waals surface area contributed by atoms with Crippen LogP contribution in [0.3, 0.4) is 0 Å². The van der Waals surface area contributed by atoms with Gasteiger partial charge >= 0.3 is 0 Å². The van der Waals surface area contributed by atoms with E-state index < -0.39 is 9.84 Å². The van der Waals surface area contributed by atoms with Gasteiger partial charge in [-0.15, -0.1) is 5.10 Å². The molecule has 1 atom stereocenters. The van der Waals surface area contributed by atoms with E-state index in [1.54, 1.807) is 10.9 Å². The number of imidazole rings is 1. The molecule has 2 aromatic rings. The third-order valence-corrected chi connectivity index (χ3v) is 5.20. The highest BCUT2D eigenvalue weighted by atomic mass is 32.2. The average molecular weight is 281 g/mol. The number of sulfone groups is 1. The van der Waals surface area contributed by atoms with Crippen LogP contribution in [0.1, 0.15) is 6.42 Å². The van der Waals surface area contributed by atoms with E-state index in [0.717, 1.165) is 5.82 Å². The lowest BCUT2D eigenvalue weighted by Crippen LogP contribution is -2.12. The third kappa shape index (κ3) is 2.53. The molecule has 1 fully saturated rings. The molecule has 102 valence electrons. The van der Waals surface area contributed by atoms with Gasteiger partial charge in [0.2, 0.25) is 0 Å². The van der Waals surface area contributed by atoms with Crippen LogP contribution in [-0.2, 0) is 23.4 Å². The van der Waals surface area contributed by atoms with E-state index in [1.807, 2.05) is 24.0 Å². The largest absolute Gasteiger partial charge is 0.333 e. The Hall–Kier alpha value is -1.70. The maximum absolute atomic E-state index is 11.4. The van der Waals surface area contributed by atoms with Crippen LogP contribution in [0.25, 0.3) is 11.5 Å². The molecule has 1 aliphatic heterocycles. The first-order valence-corrected chi connectivity index (χ1v) is 7.94. The van der Waals surface area contributed by atoms with Crippen LogP contribution in [0, 0.1) is 5.92 Å². The van der Waals surface area contributed by atoms with Gasteiger partial charge in [0, 0.05) is 26.0 Å². The molecule has 0 aliphatic carbocycles. The fraction of sp³-hybridized carbons (Fsp3) is 0.545. The van der Waals surface area contributed by atoms with Crippen LogP contribution in [0.4, 0.5) is 0 Å². The summed E-state index contributed by atoms with van der Waals surface area (Å²) in [6, 6.07) is 0. The van der Waals surface area contributed by atoms with Gasteiger partial charge in [-0.05, 0) is 12.3 Å². The molecule has 0 N–H and O–H groups in total. The summed E-state index contributed by atoms with van der Waals surface area (Å²) in [5.74, 6) is 1.44. The Morgan fingerprint density at radius 3 is 2.95 bits per heavy atom. The average Bonchev–Trinajstić information content (AvgIpc) is 3.01. The van der Waals surface area contributed by atoms with E-state index in [9.17, 15) is 8.42 Å². The first-order valence-electron chi connectivity index (χ1n) is 6.12. The van der Waals surface area contributed by atoms with Crippen molar-refractivity contribution in [3.63, 3.8) is 0 Å². The predicted octanol–water partition coefficient (Wildman–Crippen LogP) is 0.113. The summed E-state index contributed by atoms with van der Waals surface area (Å²) >= 11 is 0. The van der Waals surface area contributed by atoms with Crippen LogP contribution in [0.2, 0.25) is 0 Å². The highest BCUT2D eigenvalue weighted by molar-refractivity contribution is 7.91.